The van der Waals surface area contributed by atoms with E-state index in [0.29, 0.717) is 49.8 Å². The summed E-state index contributed by atoms with van der Waals surface area (Å²) in [4.78, 5) is 20.3. The number of fused-ring (bicyclic) bond motifs is 1. The minimum atomic E-state index is -4.49. The molecule has 1 aromatic heterocycles. The van der Waals surface area contributed by atoms with E-state index in [1.807, 2.05) is 23.1 Å². The summed E-state index contributed by atoms with van der Waals surface area (Å²) >= 11 is 6.05. The van der Waals surface area contributed by atoms with Gasteiger partial charge >= 0.3 is 6.18 Å². The second-order valence-corrected chi connectivity index (χ2v) is 8.08. The summed E-state index contributed by atoms with van der Waals surface area (Å²) in [6.45, 7) is 1.63. The molecule has 0 N–H and O–H groups in total. The lowest BCUT2D eigenvalue weighted by molar-refractivity contribution is -0.138. The number of rotatable bonds is 4. The van der Waals surface area contributed by atoms with Crippen molar-refractivity contribution in [3.63, 3.8) is 0 Å². The number of alkyl halides is 3. The molecule has 0 aliphatic carbocycles. The number of benzene rings is 1. The Morgan fingerprint density at radius 2 is 1.94 bits per heavy atom. The van der Waals surface area contributed by atoms with Crippen LogP contribution in [0.25, 0.3) is 0 Å². The van der Waals surface area contributed by atoms with Crippen molar-refractivity contribution < 1.29 is 27.4 Å². The van der Waals surface area contributed by atoms with Crippen LogP contribution in [0.4, 0.5) is 19.0 Å². The number of pyridine rings is 1. The molecule has 0 saturated carbocycles. The third-order valence-electron chi connectivity index (χ3n) is 5.53. The van der Waals surface area contributed by atoms with Crippen molar-refractivity contribution in [2.24, 2.45) is 5.92 Å². The number of carbonyl (C=O) groups is 1. The summed E-state index contributed by atoms with van der Waals surface area (Å²) in [5.74, 6) is 1.55. The fourth-order valence-electron chi connectivity index (χ4n) is 3.86. The minimum absolute atomic E-state index is 0.0313. The molecule has 1 fully saturated rings. The molecule has 0 atom stereocenters. The molecule has 166 valence electrons. The van der Waals surface area contributed by atoms with Crippen molar-refractivity contribution in [1.29, 1.82) is 0 Å². The molecule has 2 aliphatic rings. The van der Waals surface area contributed by atoms with Crippen molar-refractivity contribution in [3.05, 3.63) is 46.6 Å². The van der Waals surface area contributed by atoms with Gasteiger partial charge in [0.15, 0.2) is 11.5 Å². The first-order valence-electron chi connectivity index (χ1n) is 9.83. The van der Waals surface area contributed by atoms with E-state index in [4.69, 9.17) is 21.1 Å². The standard InChI is InChI=1S/C21H21ClF3N3O3/c1-27(11-13-2-3-17-18(8-13)31-12-30-17)20(29)14-4-6-28(7-5-14)19-16(22)9-15(10-26-19)21(23,24)25/h2-3,8-10,14H,4-7,11-12H2,1H3. The molecule has 0 spiro atoms. The third kappa shape index (κ3) is 4.66. The predicted molar refractivity (Wildman–Crippen MR) is 108 cm³/mol. The number of amides is 1. The van der Waals surface area contributed by atoms with Gasteiger partial charge in [0, 0.05) is 38.8 Å². The molecule has 1 saturated heterocycles. The largest absolute Gasteiger partial charge is 0.454 e. The second kappa shape index (κ2) is 8.45. The van der Waals surface area contributed by atoms with E-state index >= 15 is 0 Å². The van der Waals surface area contributed by atoms with Crippen LogP contribution in [0, 0.1) is 5.92 Å². The monoisotopic (exact) mass is 455 g/mol. The van der Waals surface area contributed by atoms with Crippen LogP contribution in [0.5, 0.6) is 11.5 Å². The SMILES string of the molecule is CN(Cc1ccc2c(c1)OCO2)C(=O)C1CCN(c2ncc(C(F)(F)F)cc2Cl)CC1. The molecule has 6 nitrogen and oxygen atoms in total. The molecule has 1 amide bonds. The number of aromatic nitrogens is 1. The average Bonchev–Trinajstić information content (AvgIpc) is 3.20. The van der Waals surface area contributed by atoms with Crippen LogP contribution in [-0.2, 0) is 17.5 Å². The van der Waals surface area contributed by atoms with Crippen molar-refractivity contribution >= 4 is 23.3 Å². The Balaban J connectivity index is 1.34. The third-order valence-corrected chi connectivity index (χ3v) is 5.80. The zero-order valence-electron chi connectivity index (χ0n) is 16.8. The lowest BCUT2D eigenvalue weighted by Gasteiger charge is -2.34. The topological polar surface area (TPSA) is 54.9 Å². The number of nitrogens with zero attached hydrogens (tertiary/aromatic N) is 3. The van der Waals surface area contributed by atoms with E-state index in [0.717, 1.165) is 17.8 Å². The van der Waals surface area contributed by atoms with Gasteiger partial charge in [0.2, 0.25) is 12.7 Å². The molecule has 3 heterocycles. The summed E-state index contributed by atoms with van der Waals surface area (Å²) in [6.07, 6.45) is -2.55. The van der Waals surface area contributed by atoms with E-state index in [1.54, 1.807) is 11.9 Å². The quantitative estimate of drug-likeness (QED) is 0.685. The Hall–Kier alpha value is -2.68. The first-order valence-corrected chi connectivity index (χ1v) is 10.2. The maximum atomic E-state index is 12.9. The first kappa shape index (κ1) is 21.5. The minimum Gasteiger partial charge on any atom is -0.454 e. The lowest BCUT2D eigenvalue weighted by atomic mass is 9.95. The van der Waals surface area contributed by atoms with Crippen molar-refractivity contribution in [2.45, 2.75) is 25.6 Å². The molecule has 4 rings (SSSR count). The number of hydrogen-bond acceptors (Lipinski definition) is 5. The summed E-state index contributed by atoms with van der Waals surface area (Å²) < 4.78 is 49.1. The molecule has 0 radical (unpaired) electrons. The molecule has 0 bridgehead atoms. The number of hydrogen-bond donors (Lipinski definition) is 0. The highest BCUT2D eigenvalue weighted by Crippen LogP contribution is 2.35. The molecule has 2 aromatic rings. The highest BCUT2D eigenvalue weighted by atomic mass is 35.5. The van der Waals surface area contributed by atoms with Gasteiger partial charge in [0.05, 0.1) is 10.6 Å². The fraction of sp³-hybridized carbons (Fsp3) is 0.429. The summed E-state index contributed by atoms with van der Waals surface area (Å²) in [7, 11) is 1.76. The van der Waals surface area contributed by atoms with E-state index in [1.165, 1.54) is 0 Å². The van der Waals surface area contributed by atoms with Crippen LogP contribution in [0.2, 0.25) is 5.02 Å². The van der Waals surface area contributed by atoms with Gasteiger partial charge in [-0.2, -0.15) is 13.2 Å². The lowest BCUT2D eigenvalue weighted by Crippen LogP contribution is -2.41. The number of ether oxygens (including phenoxy) is 2. The molecule has 0 unspecified atom stereocenters. The molecule has 31 heavy (non-hydrogen) atoms. The number of piperidine rings is 1. The van der Waals surface area contributed by atoms with Crippen molar-refractivity contribution in [2.75, 3.05) is 31.8 Å². The van der Waals surface area contributed by atoms with Crippen LogP contribution in [-0.4, -0.2) is 42.7 Å². The van der Waals surface area contributed by atoms with Crippen LogP contribution in [0.3, 0.4) is 0 Å². The zero-order chi connectivity index (χ0) is 22.2. The van der Waals surface area contributed by atoms with Gasteiger partial charge in [0.25, 0.3) is 0 Å². The maximum Gasteiger partial charge on any atom is 0.417 e. The van der Waals surface area contributed by atoms with Crippen molar-refractivity contribution in [1.82, 2.24) is 9.88 Å². The van der Waals surface area contributed by atoms with Gasteiger partial charge in [-0.1, -0.05) is 17.7 Å². The Morgan fingerprint density at radius 1 is 1.23 bits per heavy atom. The summed E-state index contributed by atoms with van der Waals surface area (Å²) in [6, 6.07) is 6.49. The van der Waals surface area contributed by atoms with Gasteiger partial charge in [0.1, 0.15) is 5.82 Å². The fourth-order valence-corrected chi connectivity index (χ4v) is 4.15. The van der Waals surface area contributed by atoms with Gasteiger partial charge in [-0.15, -0.1) is 0 Å². The van der Waals surface area contributed by atoms with E-state index < -0.39 is 11.7 Å². The molecular weight excluding hydrogens is 435 g/mol. The normalized spacial score (nSPS) is 16.5. The second-order valence-electron chi connectivity index (χ2n) is 7.67. The number of halogens is 4. The Bertz CT molecular complexity index is 978. The van der Waals surface area contributed by atoms with Crippen LogP contribution >= 0.6 is 11.6 Å². The summed E-state index contributed by atoms with van der Waals surface area (Å²) in [5, 5.41) is -0.0421. The molecular formula is C21H21ClF3N3O3. The van der Waals surface area contributed by atoms with Gasteiger partial charge in [-0.25, -0.2) is 4.98 Å². The van der Waals surface area contributed by atoms with Crippen LogP contribution in [0.15, 0.2) is 30.5 Å². The van der Waals surface area contributed by atoms with E-state index in [-0.39, 0.29) is 23.6 Å². The predicted octanol–water partition coefficient (Wildman–Crippen LogP) is 4.36. The van der Waals surface area contributed by atoms with E-state index in [9.17, 15) is 18.0 Å². The highest BCUT2D eigenvalue weighted by Gasteiger charge is 2.33. The number of anilines is 1. The Morgan fingerprint density at radius 3 is 2.61 bits per heavy atom. The maximum absolute atomic E-state index is 12.9. The average molecular weight is 456 g/mol. The smallest absolute Gasteiger partial charge is 0.417 e. The van der Waals surface area contributed by atoms with Crippen LogP contribution in [0.1, 0.15) is 24.0 Å². The van der Waals surface area contributed by atoms with Gasteiger partial charge < -0.3 is 19.3 Å². The van der Waals surface area contributed by atoms with Crippen LogP contribution < -0.4 is 14.4 Å². The molecule has 1 aromatic carbocycles. The Kier molecular flexibility index (Phi) is 5.88. The molecule has 10 heteroatoms. The van der Waals surface area contributed by atoms with E-state index in [2.05, 4.69) is 4.98 Å². The van der Waals surface area contributed by atoms with Gasteiger partial charge in [-0.05, 0) is 36.6 Å². The zero-order valence-corrected chi connectivity index (χ0v) is 17.5. The highest BCUT2D eigenvalue weighted by molar-refractivity contribution is 6.33. The first-order chi connectivity index (χ1) is 14.7. The van der Waals surface area contributed by atoms with Gasteiger partial charge in [-0.3, -0.25) is 4.79 Å². The number of carbonyl (C=O) groups excluding carboxylic acids is 1. The Labute approximate surface area is 182 Å². The molecule has 2 aliphatic heterocycles. The summed E-state index contributed by atoms with van der Waals surface area (Å²) in [5.41, 5.74) is 0.0646. The van der Waals surface area contributed by atoms with Crippen molar-refractivity contribution in [3.8, 4) is 11.5 Å².